The maximum atomic E-state index is 5.42. The fourth-order valence-electron chi connectivity index (χ4n) is 3.52. The highest BCUT2D eigenvalue weighted by Crippen LogP contribution is 2.36. The van der Waals surface area contributed by atoms with Gasteiger partial charge in [0.25, 0.3) is 0 Å². The van der Waals surface area contributed by atoms with Crippen LogP contribution in [0.15, 0.2) is 16.8 Å². The molecule has 0 N–H and O–H groups in total. The van der Waals surface area contributed by atoms with Gasteiger partial charge in [0.05, 0.1) is 17.1 Å². The molecule has 0 saturated carbocycles. The molecule has 3 aromatic rings. The molecule has 0 radical (unpaired) electrons. The number of piperidine rings is 1. The van der Waals surface area contributed by atoms with Crippen LogP contribution in [0.4, 0.5) is 0 Å². The topological polar surface area (TPSA) is 72.9 Å². The molecule has 3 aromatic heterocycles. The Bertz CT molecular complexity index is 858. The zero-order valence-electron chi connectivity index (χ0n) is 14.8. The van der Waals surface area contributed by atoms with Crippen molar-refractivity contribution in [3.63, 3.8) is 0 Å². The second kappa shape index (κ2) is 6.68. The molecule has 0 unspecified atom stereocenters. The van der Waals surface area contributed by atoms with Crippen molar-refractivity contribution in [3.8, 4) is 10.6 Å². The SMILES string of the molecule is Cc1cc(-c2snnc2C2CCN(Cc3cn(C)nc3C)CC2)on1. The Kier molecular flexibility index (Phi) is 4.39. The zero-order valence-corrected chi connectivity index (χ0v) is 15.6. The number of rotatable bonds is 4. The van der Waals surface area contributed by atoms with Crippen molar-refractivity contribution in [3.05, 3.63) is 34.9 Å². The van der Waals surface area contributed by atoms with Crippen LogP contribution < -0.4 is 0 Å². The molecule has 0 aromatic carbocycles. The van der Waals surface area contributed by atoms with Crippen LogP contribution in [0, 0.1) is 13.8 Å². The van der Waals surface area contributed by atoms with Crippen molar-refractivity contribution in [2.24, 2.45) is 7.05 Å². The van der Waals surface area contributed by atoms with E-state index in [0.717, 1.165) is 60.2 Å². The fraction of sp³-hybridized carbons (Fsp3) is 0.529. The van der Waals surface area contributed by atoms with Gasteiger partial charge in [0.1, 0.15) is 4.88 Å². The summed E-state index contributed by atoms with van der Waals surface area (Å²) in [5.74, 6) is 1.22. The van der Waals surface area contributed by atoms with E-state index < -0.39 is 0 Å². The van der Waals surface area contributed by atoms with Crippen molar-refractivity contribution >= 4 is 11.5 Å². The highest BCUT2D eigenvalue weighted by atomic mass is 32.1. The Morgan fingerprint density at radius 1 is 1.28 bits per heavy atom. The lowest BCUT2D eigenvalue weighted by molar-refractivity contribution is 0.203. The highest BCUT2D eigenvalue weighted by molar-refractivity contribution is 7.09. The molecule has 0 atom stereocenters. The summed E-state index contributed by atoms with van der Waals surface area (Å²) < 4.78 is 11.5. The molecule has 1 aliphatic rings. The summed E-state index contributed by atoms with van der Waals surface area (Å²) in [6.45, 7) is 7.10. The Morgan fingerprint density at radius 3 is 2.72 bits per heavy atom. The van der Waals surface area contributed by atoms with Gasteiger partial charge in [0, 0.05) is 37.3 Å². The maximum Gasteiger partial charge on any atom is 0.180 e. The van der Waals surface area contributed by atoms with E-state index in [1.165, 1.54) is 17.1 Å². The van der Waals surface area contributed by atoms with Crippen molar-refractivity contribution in [1.82, 2.24) is 29.4 Å². The van der Waals surface area contributed by atoms with Crippen LogP contribution >= 0.6 is 11.5 Å². The molecule has 0 amide bonds. The average Bonchev–Trinajstić information content (AvgIpc) is 3.29. The van der Waals surface area contributed by atoms with Crippen LogP contribution in [0.2, 0.25) is 0 Å². The van der Waals surface area contributed by atoms with Gasteiger partial charge in [-0.25, -0.2) is 0 Å². The van der Waals surface area contributed by atoms with Crippen LogP contribution in [0.3, 0.4) is 0 Å². The average molecular weight is 358 g/mol. The summed E-state index contributed by atoms with van der Waals surface area (Å²) in [7, 11) is 1.98. The second-order valence-electron chi connectivity index (χ2n) is 6.78. The van der Waals surface area contributed by atoms with Crippen LogP contribution in [0.5, 0.6) is 0 Å². The lowest BCUT2D eigenvalue weighted by atomic mass is 9.92. The van der Waals surface area contributed by atoms with Crippen molar-refractivity contribution in [2.75, 3.05) is 13.1 Å². The molecule has 25 heavy (non-hydrogen) atoms. The molecule has 7 nitrogen and oxygen atoms in total. The van der Waals surface area contributed by atoms with E-state index in [0.29, 0.717) is 5.92 Å². The van der Waals surface area contributed by atoms with E-state index in [1.807, 2.05) is 24.7 Å². The molecule has 0 aliphatic carbocycles. The second-order valence-corrected chi connectivity index (χ2v) is 7.54. The third kappa shape index (κ3) is 3.36. The first-order chi connectivity index (χ1) is 12.1. The monoisotopic (exact) mass is 358 g/mol. The first-order valence-electron chi connectivity index (χ1n) is 8.57. The summed E-state index contributed by atoms with van der Waals surface area (Å²) in [5.41, 5.74) is 4.39. The standard InChI is InChI=1S/C17H22N6OS/c1-11-8-15(24-20-11)17-16(18-21-25-17)13-4-6-23(7-5-13)10-14-9-22(3)19-12(14)2/h8-9,13H,4-7,10H2,1-3H3. The predicted octanol–water partition coefficient (Wildman–Crippen LogP) is 2.92. The first-order valence-corrected chi connectivity index (χ1v) is 9.35. The summed E-state index contributed by atoms with van der Waals surface area (Å²) in [5, 5.41) is 12.8. The Hall–Kier alpha value is -2.06. The van der Waals surface area contributed by atoms with Crippen LogP contribution in [0.1, 0.15) is 41.4 Å². The van der Waals surface area contributed by atoms with Crippen LogP contribution in [0.25, 0.3) is 10.6 Å². The number of hydrogen-bond acceptors (Lipinski definition) is 7. The Balaban J connectivity index is 1.43. The van der Waals surface area contributed by atoms with E-state index in [4.69, 9.17) is 4.52 Å². The molecule has 132 valence electrons. The van der Waals surface area contributed by atoms with Gasteiger partial charge in [-0.15, -0.1) is 5.10 Å². The van der Waals surface area contributed by atoms with E-state index in [1.54, 1.807) is 0 Å². The maximum absolute atomic E-state index is 5.42. The minimum atomic E-state index is 0.436. The summed E-state index contributed by atoms with van der Waals surface area (Å²) >= 11 is 1.40. The Labute approximate surface area is 150 Å². The van der Waals surface area contributed by atoms with E-state index in [9.17, 15) is 0 Å². The van der Waals surface area contributed by atoms with Gasteiger partial charge in [0.15, 0.2) is 5.76 Å². The van der Waals surface area contributed by atoms with E-state index in [2.05, 4.69) is 37.9 Å². The Morgan fingerprint density at radius 2 is 2.08 bits per heavy atom. The number of nitrogens with zero attached hydrogens (tertiary/aromatic N) is 6. The molecule has 4 heterocycles. The van der Waals surface area contributed by atoms with E-state index in [-0.39, 0.29) is 0 Å². The lowest BCUT2D eigenvalue weighted by Crippen LogP contribution is -2.32. The third-order valence-electron chi connectivity index (χ3n) is 4.85. The van der Waals surface area contributed by atoms with Crippen molar-refractivity contribution < 1.29 is 4.52 Å². The molecule has 1 saturated heterocycles. The number of likely N-dealkylation sites (tertiary alicyclic amines) is 1. The lowest BCUT2D eigenvalue weighted by Gasteiger charge is -2.31. The summed E-state index contributed by atoms with van der Waals surface area (Å²) in [6.07, 6.45) is 4.30. The van der Waals surface area contributed by atoms with Gasteiger partial charge in [-0.1, -0.05) is 9.64 Å². The fourth-order valence-corrected chi connectivity index (χ4v) is 4.21. The quantitative estimate of drug-likeness (QED) is 0.714. The van der Waals surface area contributed by atoms with Gasteiger partial charge < -0.3 is 4.52 Å². The van der Waals surface area contributed by atoms with Crippen molar-refractivity contribution in [2.45, 2.75) is 39.2 Å². The molecule has 0 bridgehead atoms. The van der Waals surface area contributed by atoms with Gasteiger partial charge in [-0.05, 0) is 51.3 Å². The zero-order chi connectivity index (χ0) is 17.4. The minimum Gasteiger partial charge on any atom is -0.355 e. The summed E-state index contributed by atoms with van der Waals surface area (Å²) in [6, 6.07) is 1.96. The molecule has 1 aliphatic heterocycles. The molecule has 8 heteroatoms. The number of aryl methyl sites for hydroxylation is 3. The minimum absolute atomic E-state index is 0.436. The third-order valence-corrected chi connectivity index (χ3v) is 5.60. The number of aromatic nitrogens is 5. The molecular formula is C17H22N6OS. The molecular weight excluding hydrogens is 336 g/mol. The molecule has 4 rings (SSSR count). The van der Waals surface area contributed by atoms with Crippen molar-refractivity contribution in [1.29, 1.82) is 0 Å². The van der Waals surface area contributed by atoms with Gasteiger partial charge in [-0.3, -0.25) is 9.58 Å². The van der Waals surface area contributed by atoms with Gasteiger partial charge >= 0.3 is 0 Å². The highest BCUT2D eigenvalue weighted by Gasteiger charge is 2.27. The largest absolute Gasteiger partial charge is 0.355 e. The van der Waals surface area contributed by atoms with Crippen LogP contribution in [-0.2, 0) is 13.6 Å². The van der Waals surface area contributed by atoms with E-state index >= 15 is 0 Å². The normalized spacial score (nSPS) is 16.6. The van der Waals surface area contributed by atoms with Gasteiger partial charge in [-0.2, -0.15) is 5.10 Å². The number of hydrogen-bond donors (Lipinski definition) is 0. The molecule has 1 fully saturated rings. The van der Waals surface area contributed by atoms with Gasteiger partial charge in [0.2, 0.25) is 0 Å². The summed E-state index contributed by atoms with van der Waals surface area (Å²) in [4.78, 5) is 3.53. The first kappa shape index (κ1) is 16.4. The molecule has 0 spiro atoms. The van der Waals surface area contributed by atoms with Crippen LogP contribution in [-0.4, -0.2) is 42.5 Å². The predicted molar refractivity (Wildman–Crippen MR) is 95.3 cm³/mol. The smallest absolute Gasteiger partial charge is 0.180 e.